The smallest absolute Gasteiger partial charge is 0.289 e. The van der Waals surface area contributed by atoms with Gasteiger partial charge in [-0.25, -0.2) is 4.98 Å². The second-order valence-electron chi connectivity index (χ2n) is 5.92. The Morgan fingerprint density at radius 2 is 2.12 bits per heavy atom. The largest absolute Gasteiger partial charge is 0.385 e. The molecule has 0 radical (unpaired) electrons. The number of hydrogen-bond donors (Lipinski definition) is 1. The van der Waals surface area contributed by atoms with E-state index in [-0.39, 0.29) is 23.3 Å². The molecule has 1 N–H and O–H groups in total. The quantitative estimate of drug-likeness (QED) is 0.705. The summed E-state index contributed by atoms with van der Waals surface area (Å²) < 4.78 is 6.65. The Bertz CT molecular complexity index is 726. The summed E-state index contributed by atoms with van der Waals surface area (Å²) in [5.74, 6) is -0.209. The second kappa shape index (κ2) is 9.17. The van der Waals surface area contributed by atoms with E-state index < -0.39 is 0 Å². The average molecular weight is 346 g/mol. The standard InChI is InChI=1S/C18H26N4O3/c1-4-5-11-21(2)18(24)16-20-15(14-9-6-7-12-22(14)16)17(23)19-10-8-13-25-3/h6-7,9,12H,4-5,8,10-11,13H2,1-3H3,(H,19,23). The van der Waals surface area contributed by atoms with Gasteiger partial charge in [-0.05, 0) is 25.0 Å². The molecule has 2 heterocycles. The maximum atomic E-state index is 12.7. The monoisotopic (exact) mass is 346 g/mol. The molecule has 0 aliphatic carbocycles. The number of carbonyl (C=O) groups is 2. The van der Waals surface area contributed by atoms with Crippen molar-refractivity contribution in [1.82, 2.24) is 19.6 Å². The first-order valence-electron chi connectivity index (χ1n) is 8.59. The van der Waals surface area contributed by atoms with Crippen molar-refractivity contribution in [3.05, 3.63) is 35.9 Å². The van der Waals surface area contributed by atoms with E-state index in [1.54, 1.807) is 35.7 Å². The molecule has 0 aliphatic heterocycles. The van der Waals surface area contributed by atoms with Crippen molar-refractivity contribution in [2.24, 2.45) is 0 Å². The summed E-state index contributed by atoms with van der Waals surface area (Å²) in [6.07, 6.45) is 4.41. The van der Waals surface area contributed by atoms with Crippen LogP contribution in [-0.4, -0.2) is 60.0 Å². The summed E-state index contributed by atoms with van der Waals surface area (Å²) in [6.45, 7) is 3.82. The lowest BCUT2D eigenvalue weighted by Gasteiger charge is -2.15. The first-order valence-corrected chi connectivity index (χ1v) is 8.59. The van der Waals surface area contributed by atoms with Gasteiger partial charge in [-0.15, -0.1) is 0 Å². The van der Waals surface area contributed by atoms with E-state index in [0.717, 1.165) is 19.3 Å². The van der Waals surface area contributed by atoms with Crippen molar-refractivity contribution in [1.29, 1.82) is 0 Å². The molecule has 7 nitrogen and oxygen atoms in total. The molecule has 0 unspecified atom stereocenters. The number of fused-ring (bicyclic) bond motifs is 1. The number of carbonyl (C=O) groups excluding carboxylic acids is 2. The van der Waals surface area contributed by atoms with Crippen LogP contribution < -0.4 is 5.32 Å². The van der Waals surface area contributed by atoms with Gasteiger partial charge in [-0.3, -0.25) is 14.0 Å². The van der Waals surface area contributed by atoms with Crippen molar-refractivity contribution in [3.8, 4) is 0 Å². The molecule has 0 bridgehead atoms. The van der Waals surface area contributed by atoms with Crippen molar-refractivity contribution < 1.29 is 14.3 Å². The molecule has 2 rings (SSSR count). The predicted octanol–water partition coefficient (Wildman–Crippen LogP) is 1.97. The highest BCUT2D eigenvalue weighted by Crippen LogP contribution is 2.15. The molecule has 0 saturated heterocycles. The van der Waals surface area contributed by atoms with Crippen LogP contribution in [0.25, 0.3) is 5.52 Å². The molecule has 0 aromatic carbocycles. The number of hydrogen-bond acceptors (Lipinski definition) is 4. The van der Waals surface area contributed by atoms with E-state index in [4.69, 9.17) is 4.74 Å². The fourth-order valence-corrected chi connectivity index (χ4v) is 2.53. The molecule has 2 amide bonds. The highest BCUT2D eigenvalue weighted by atomic mass is 16.5. The maximum Gasteiger partial charge on any atom is 0.289 e. The van der Waals surface area contributed by atoms with Gasteiger partial charge in [0.2, 0.25) is 5.82 Å². The normalized spacial score (nSPS) is 10.8. The summed E-state index contributed by atoms with van der Waals surface area (Å²) in [5, 5.41) is 2.82. The Kier molecular flexibility index (Phi) is 6.94. The number of rotatable bonds is 9. The number of ether oxygens (including phenoxy) is 1. The van der Waals surface area contributed by atoms with Crippen molar-refractivity contribution >= 4 is 17.3 Å². The fraction of sp³-hybridized carbons (Fsp3) is 0.500. The number of nitrogens with one attached hydrogen (secondary N) is 1. The third kappa shape index (κ3) is 4.57. The maximum absolute atomic E-state index is 12.7. The van der Waals surface area contributed by atoms with Gasteiger partial charge in [0.05, 0.1) is 5.52 Å². The Balaban J connectivity index is 2.24. The minimum absolute atomic E-state index is 0.187. The zero-order valence-corrected chi connectivity index (χ0v) is 15.1. The molecule has 2 aromatic heterocycles. The van der Waals surface area contributed by atoms with Crippen LogP contribution in [0, 0.1) is 0 Å². The molecule has 0 saturated carbocycles. The zero-order valence-electron chi connectivity index (χ0n) is 15.1. The molecular weight excluding hydrogens is 320 g/mol. The summed E-state index contributed by atoms with van der Waals surface area (Å²) in [6, 6.07) is 5.44. The molecule has 0 fully saturated rings. The molecular formula is C18H26N4O3. The number of imidazole rings is 1. The number of unbranched alkanes of at least 4 members (excludes halogenated alkanes) is 1. The number of amides is 2. The van der Waals surface area contributed by atoms with Crippen LogP contribution in [0.1, 0.15) is 47.3 Å². The van der Waals surface area contributed by atoms with Crippen LogP contribution in [-0.2, 0) is 4.74 Å². The third-order valence-electron chi connectivity index (χ3n) is 3.96. The summed E-state index contributed by atoms with van der Waals surface area (Å²) in [4.78, 5) is 31.1. The molecule has 0 aliphatic rings. The van der Waals surface area contributed by atoms with Gasteiger partial charge in [-0.1, -0.05) is 19.4 Å². The topological polar surface area (TPSA) is 75.9 Å². The van der Waals surface area contributed by atoms with E-state index in [9.17, 15) is 9.59 Å². The Morgan fingerprint density at radius 1 is 1.32 bits per heavy atom. The number of methoxy groups -OCH3 is 1. The third-order valence-corrected chi connectivity index (χ3v) is 3.96. The summed E-state index contributed by atoms with van der Waals surface area (Å²) >= 11 is 0. The van der Waals surface area contributed by atoms with Crippen molar-refractivity contribution in [3.63, 3.8) is 0 Å². The molecule has 0 spiro atoms. The van der Waals surface area contributed by atoms with E-state index in [2.05, 4.69) is 17.2 Å². The highest BCUT2D eigenvalue weighted by Gasteiger charge is 2.23. The van der Waals surface area contributed by atoms with Crippen LogP contribution in [0.2, 0.25) is 0 Å². The van der Waals surface area contributed by atoms with Crippen LogP contribution in [0.4, 0.5) is 0 Å². The molecule has 7 heteroatoms. The van der Waals surface area contributed by atoms with E-state index in [1.807, 2.05) is 12.1 Å². The lowest BCUT2D eigenvalue weighted by molar-refractivity contribution is 0.0780. The van der Waals surface area contributed by atoms with Gasteiger partial charge in [0, 0.05) is 40.1 Å². The zero-order chi connectivity index (χ0) is 18.2. The lowest BCUT2D eigenvalue weighted by atomic mass is 10.3. The number of aromatic nitrogens is 2. The van der Waals surface area contributed by atoms with Crippen molar-refractivity contribution in [2.75, 3.05) is 33.9 Å². The van der Waals surface area contributed by atoms with Crippen LogP contribution in [0.15, 0.2) is 24.4 Å². The first-order chi connectivity index (χ1) is 12.1. The van der Waals surface area contributed by atoms with Crippen LogP contribution in [0.5, 0.6) is 0 Å². The van der Waals surface area contributed by atoms with Crippen LogP contribution in [0.3, 0.4) is 0 Å². The number of nitrogens with zero attached hydrogens (tertiary/aromatic N) is 3. The Morgan fingerprint density at radius 3 is 2.84 bits per heavy atom. The van der Waals surface area contributed by atoms with Gasteiger partial charge in [0.15, 0.2) is 5.69 Å². The lowest BCUT2D eigenvalue weighted by Crippen LogP contribution is -2.29. The number of pyridine rings is 1. The van der Waals surface area contributed by atoms with Gasteiger partial charge in [0.1, 0.15) is 0 Å². The molecule has 2 aromatic rings. The fourth-order valence-electron chi connectivity index (χ4n) is 2.53. The minimum atomic E-state index is -0.282. The molecule has 0 atom stereocenters. The molecule has 25 heavy (non-hydrogen) atoms. The van der Waals surface area contributed by atoms with Gasteiger partial charge in [-0.2, -0.15) is 0 Å². The van der Waals surface area contributed by atoms with Gasteiger partial charge in [0.25, 0.3) is 11.8 Å². The van der Waals surface area contributed by atoms with E-state index >= 15 is 0 Å². The second-order valence-corrected chi connectivity index (χ2v) is 5.92. The summed E-state index contributed by atoms with van der Waals surface area (Å²) in [5.41, 5.74) is 0.893. The Labute approximate surface area is 148 Å². The van der Waals surface area contributed by atoms with E-state index in [0.29, 0.717) is 25.2 Å². The van der Waals surface area contributed by atoms with Gasteiger partial charge < -0.3 is 15.0 Å². The SMILES string of the molecule is CCCCN(C)C(=O)c1nc(C(=O)NCCCOC)c2ccccn12. The van der Waals surface area contributed by atoms with E-state index in [1.165, 1.54) is 0 Å². The first kappa shape index (κ1) is 18.9. The van der Waals surface area contributed by atoms with Crippen LogP contribution >= 0.6 is 0 Å². The average Bonchev–Trinajstić information content (AvgIpc) is 3.02. The minimum Gasteiger partial charge on any atom is -0.385 e. The predicted molar refractivity (Wildman–Crippen MR) is 95.9 cm³/mol. The summed E-state index contributed by atoms with van der Waals surface area (Å²) in [7, 11) is 3.38. The Hall–Kier alpha value is -2.41. The molecule has 136 valence electrons. The van der Waals surface area contributed by atoms with Crippen molar-refractivity contribution in [2.45, 2.75) is 26.2 Å². The van der Waals surface area contributed by atoms with Gasteiger partial charge >= 0.3 is 0 Å². The highest BCUT2D eigenvalue weighted by molar-refractivity contribution is 6.02.